The molecule has 2 bridgehead atoms. The van der Waals surface area contributed by atoms with Crippen LogP contribution in [0, 0.1) is 23.7 Å². The van der Waals surface area contributed by atoms with E-state index in [9.17, 15) is 14.7 Å². The van der Waals surface area contributed by atoms with Gasteiger partial charge in [0.15, 0.2) is 0 Å². The second kappa shape index (κ2) is 6.78. The number of halogens is 2. The van der Waals surface area contributed by atoms with Crippen LogP contribution in [-0.4, -0.2) is 49.1 Å². The quantitative estimate of drug-likeness (QED) is 0.0987. The zero-order valence-corrected chi connectivity index (χ0v) is 18.3. The fourth-order valence-corrected chi connectivity index (χ4v) is 12.0. The predicted octanol–water partition coefficient (Wildman–Crippen LogP) is 1.44. The Morgan fingerprint density at radius 3 is 2.75 bits per heavy atom. The molecule has 0 amide bonds. The molecule has 0 spiro atoms. The number of ether oxygens (including phenoxy) is 3. The normalized spacial score (nSPS) is 42.9. The summed E-state index contributed by atoms with van der Waals surface area (Å²) in [5.41, 5.74) is 0. The number of fused-ring (bicyclic) bond motifs is 2. The van der Waals surface area contributed by atoms with Gasteiger partial charge in [0, 0.05) is 0 Å². The van der Waals surface area contributed by atoms with Crippen LogP contribution >= 0.6 is 42.7 Å². The Labute approximate surface area is 162 Å². The summed E-state index contributed by atoms with van der Waals surface area (Å²) in [6.45, 7) is 3.80. The zero-order valence-electron chi connectivity index (χ0n) is 14.0. The van der Waals surface area contributed by atoms with Crippen molar-refractivity contribution in [2.75, 3.05) is 12.0 Å². The Kier molecular flexibility index (Phi) is 5.38. The molecule has 3 aliphatic rings. The first-order valence-corrected chi connectivity index (χ1v) is 13.4. The van der Waals surface area contributed by atoms with Crippen LogP contribution in [0.15, 0.2) is 0 Å². The van der Waals surface area contributed by atoms with Gasteiger partial charge in [-0.15, -0.1) is 0 Å². The van der Waals surface area contributed by atoms with E-state index < -0.39 is 53.9 Å². The second-order valence-electron chi connectivity index (χ2n) is 6.88. The number of esters is 2. The van der Waals surface area contributed by atoms with E-state index in [1.165, 1.54) is 7.11 Å². The Morgan fingerprint density at radius 2 is 2.21 bits per heavy atom. The van der Waals surface area contributed by atoms with Crippen LogP contribution in [0.3, 0.4) is 0 Å². The van der Waals surface area contributed by atoms with E-state index in [0.29, 0.717) is 6.42 Å². The minimum atomic E-state index is -1.20. The zero-order chi connectivity index (χ0) is 17.8. The number of hydrogen-bond donors (Lipinski definition) is 2. The van der Waals surface area contributed by atoms with Gasteiger partial charge in [0.2, 0.25) is 0 Å². The summed E-state index contributed by atoms with van der Waals surface area (Å²) in [6.07, 6.45) is -1.36. The van der Waals surface area contributed by atoms with Crippen molar-refractivity contribution in [1.29, 1.82) is 0 Å². The van der Waals surface area contributed by atoms with Gasteiger partial charge in [-0.2, -0.15) is 0 Å². The maximum atomic E-state index is 12.6. The van der Waals surface area contributed by atoms with E-state index in [0.717, 1.165) is 0 Å². The van der Waals surface area contributed by atoms with Crippen molar-refractivity contribution in [3.8, 4) is 0 Å². The van der Waals surface area contributed by atoms with Crippen molar-refractivity contribution in [2.24, 2.45) is 23.7 Å². The molecule has 8 unspecified atom stereocenters. The van der Waals surface area contributed by atoms with Crippen LogP contribution in [0.25, 0.3) is 0 Å². The van der Waals surface area contributed by atoms with Gasteiger partial charge in [-0.1, -0.05) is 0 Å². The summed E-state index contributed by atoms with van der Waals surface area (Å²) >= 11 is 0.914. The number of nitrogens with one attached hydrogen (secondary N) is 1. The number of carbonyl (C=O) groups is 2. The van der Waals surface area contributed by atoms with Gasteiger partial charge in [0.05, 0.1) is 0 Å². The van der Waals surface area contributed by atoms with Gasteiger partial charge in [-0.25, -0.2) is 0 Å². The van der Waals surface area contributed by atoms with Gasteiger partial charge >= 0.3 is 163 Å². The number of alkyl halides is 3. The summed E-state index contributed by atoms with van der Waals surface area (Å²) < 4.78 is 19.0. The van der Waals surface area contributed by atoms with Gasteiger partial charge in [0.1, 0.15) is 0 Å². The summed E-state index contributed by atoms with van der Waals surface area (Å²) in [5, 5.41) is 10.2. The third-order valence-corrected chi connectivity index (χ3v) is 11.8. The molecule has 1 saturated carbocycles. The van der Waals surface area contributed by atoms with Gasteiger partial charge < -0.3 is 0 Å². The number of hydrogen-bond acceptors (Lipinski definition) is 7. The van der Waals surface area contributed by atoms with Crippen molar-refractivity contribution >= 4 is 54.6 Å². The first-order chi connectivity index (χ1) is 11.2. The number of aliphatic hydroxyl groups is 1. The molecule has 2 aliphatic heterocycles. The van der Waals surface area contributed by atoms with Crippen LogP contribution in [0.1, 0.15) is 20.3 Å². The number of cyclic esters (lactones) is 1. The second-order valence-corrected chi connectivity index (χ2v) is 13.9. The first kappa shape index (κ1) is 19.1. The maximum absolute atomic E-state index is 12.6. The van der Waals surface area contributed by atoms with E-state index >= 15 is 0 Å². The van der Waals surface area contributed by atoms with Crippen molar-refractivity contribution < 1.29 is 28.9 Å². The Morgan fingerprint density at radius 1 is 1.58 bits per heavy atom. The molecule has 9 heteroatoms. The van der Waals surface area contributed by atoms with Gasteiger partial charge in [0.25, 0.3) is 0 Å². The first-order valence-electron chi connectivity index (χ1n) is 7.84. The molecule has 2 N–H and O–H groups in total. The summed E-state index contributed by atoms with van der Waals surface area (Å²) in [4.78, 5) is 27.1. The third kappa shape index (κ3) is 3.19. The van der Waals surface area contributed by atoms with E-state index in [1.807, 2.05) is 13.8 Å². The fraction of sp³-hybridized carbons (Fsp3) is 0.867. The van der Waals surface area contributed by atoms with Gasteiger partial charge in [-0.3, -0.25) is 0 Å². The topological polar surface area (TPSA) is 104 Å². The van der Waals surface area contributed by atoms with E-state index in [4.69, 9.17) is 14.2 Å². The molecule has 3 rings (SSSR count). The summed E-state index contributed by atoms with van der Waals surface area (Å²) in [5.74, 6) is -1.78. The fourth-order valence-electron chi connectivity index (χ4n) is 3.86. The molecule has 0 radical (unpaired) electrons. The number of rotatable bonds is 5. The Balaban J connectivity index is 1.76. The molecule has 3 fully saturated rings. The number of methoxy groups -OCH3 is 1. The van der Waals surface area contributed by atoms with Gasteiger partial charge in [-0.05, 0) is 0 Å². The molecular weight excluding hydrogens is 544 g/mol. The molecule has 0 aromatic rings. The standard InChI is InChI=1S/C15H23I2NO6/c1-6-5-7-9(10(19)22-4)8(6)11(20)23-12(7)24-14(21)15(2,16)13-17(3)18-13/h6-10,12-13,18-19H,5H2,1-4H3. The minimum absolute atomic E-state index is 0.0606. The van der Waals surface area contributed by atoms with Crippen molar-refractivity contribution in [1.82, 2.24) is 3.53 Å². The van der Waals surface area contributed by atoms with Crippen LogP contribution < -0.4 is 3.53 Å². The van der Waals surface area contributed by atoms with Crippen LogP contribution in [-0.2, 0) is 23.8 Å². The number of aliphatic hydroxyl groups excluding tert-OH is 1. The van der Waals surface area contributed by atoms with E-state index in [-0.39, 0.29) is 21.9 Å². The average molecular weight is 567 g/mol. The molecule has 8 atom stereocenters. The third-order valence-electron chi connectivity index (χ3n) is 5.23. The molecule has 7 nitrogen and oxygen atoms in total. The molecule has 24 heavy (non-hydrogen) atoms. The SMILES string of the molecule is COC(O)C1C2CC(C)C1C(=O)OC2OC(=O)C(C)(I)C1NI1C. The van der Waals surface area contributed by atoms with Crippen molar-refractivity contribution in [3.05, 3.63) is 0 Å². The molecular formula is C15H23I2NO6. The average Bonchev–Trinajstić information content (AvgIpc) is 3.18. The predicted molar refractivity (Wildman–Crippen MR) is 103 cm³/mol. The molecule has 2 saturated heterocycles. The molecule has 1 aliphatic carbocycles. The number of carbonyl (C=O) groups excluding carboxylic acids is 2. The molecule has 2 heterocycles. The van der Waals surface area contributed by atoms with Crippen LogP contribution in [0.4, 0.5) is 0 Å². The Bertz CT molecular complexity index is 544. The molecule has 138 valence electrons. The summed E-state index contributed by atoms with van der Waals surface area (Å²) in [7, 11) is 1.41. The molecule has 0 aromatic heterocycles. The van der Waals surface area contributed by atoms with E-state index in [2.05, 4.69) is 31.1 Å². The van der Waals surface area contributed by atoms with Crippen molar-refractivity contribution in [3.63, 3.8) is 0 Å². The monoisotopic (exact) mass is 567 g/mol. The van der Waals surface area contributed by atoms with E-state index in [1.54, 1.807) is 0 Å². The van der Waals surface area contributed by atoms with Crippen LogP contribution in [0.2, 0.25) is 0 Å². The molecule has 0 aromatic carbocycles. The van der Waals surface area contributed by atoms with Crippen LogP contribution in [0.5, 0.6) is 0 Å². The summed E-state index contributed by atoms with van der Waals surface area (Å²) in [6, 6.07) is 0. The van der Waals surface area contributed by atoms with Crippen molar-refractivity contribution in [2.45, 2.75) is 40.3 Å². The Hall–Kier alpha value is 0.280.